The van der Waals surface area contributed by atoms with Crippen molar-refractivity contribution in [2.45, 2.75) is 64.5 Å². The molecule has 1 aliphatic heterocycles. The molecule has 7 heteroatoms. The molecule has 1 atom stereocenters. The standard InChI is InChI=1S/C17H30N6O/c1-13(16-19-14(2)20-21-16)18-17(24)23-10-6-9-22(11-12-23)15-7-4-3-5-8-15/h13,15H,3-12H2,1-2H3,(H,18,24)(H,19,20,21)/t13-/m1/s1. The second-order valence-electron chi connectivity index (χ2n) is 7.12. The summed E-state index contributed by atoms with van der Waals surface area (Å²) >= 11 is 0. The Kier molecular flexibility index (Phi) is 5.71. The Morgan fingerprint density at radius 3 is 2.67 bits per heavy atom. The first-order valence-electron chi connectivity index (χ1n) is 9.32. The average molecular weight is 334 g/mol. The number of hydrogen-bond acceptors (Lipinski definition) is 4. The lowest BCUT2D eigenvalue weighted by molar-refractivity contribution is 0.158. The maximum absolute atomic E-state index is 12.6. The Bertz CT molecular complexity index is 539. The lowest BCUT2D eigenvalue weighted by Gasteiger charge is -2.33. The Labute approximate surface area is 144 Å². The van der Waals surface area contributed by atoms with Crippen LogP contribution in [0.15, 0.2) is 0 Å². The minimum Gasteiger partial charge on any atom is -0.328 e. The number of aromatic amines is 1. The zero-order valence-electron chi connectivity index (χ0n) is 14.9. The van der Waals surface area contributed by atoms with Crippen LogP contribution in [0.1, 0.15) is 63.1 Å². The van der Waals surface area contributed by atoms with Crippen molar-refractivity contribution in [3.05, 3.63) is 11.6 Å². The maximum atomic E-state index is 12.6. The molecule has 7 nitrogen and oxygen atoms in total. The van der Waals surface area contributed by atoms with E-state index in [1.807, 2.05) is 18.7 Å². The molecule has 134 valence electrons. The molecule has 1 saturated heterocycles. The van der Waals surface area contributed by atoms with E-state index < -0.39 is 0 Å². The van der Waals surface area contributed by atoms with E-state index in [1.165, 1.54) is 32.1 Å². The third kappa shape index (κ3) is 4.26. The molecule has 1 aromatic heterocycles. The van der Waals surface area contributed by atoms with E-state index in [0.29, 0.717) is 5.82 Å². The summed E-state index contributed by atoms with van der Waals surface area (Å²) in [6, 6.07) is 0.549. The predicted molar refractivity (Wildman–Crippen MR) is 92.7 cm³/mol. The van der Waals surface area contributed by atoms with Gasteiger partial charge in [0.15, 0.2) is 5.82 Å². The van der Waals surface area contributed by atoms with Gasteiger partial charge in [0.2, 0.25) is 0 Å². The molecule has 0 bridgehead atoms. The molecule has 0 spiro atoms. The fraction of sp³-hybridized carbons (Fsp3) is 0.824. The zero-order chi connectivity index (χ0) is 16.9. The summed E-state index contributed by atoms with van der Waals surface area (Å²) in [4.78, 5) is 21.4. The smallest absolute Gasteiger partial charge is 0.318 e. The number of carbonyl (C=O) groups excluding carboxylic acids is 1. The van der Waals surface area contributed by atoms with Crippen LogP contribution in [0.5, 0.6) is 0 Å². The molecule has 24 heavy (non-hydrogen) atoms. The Balaban J connectivity index is 1.50. The highest BCUT2D eigenvalue weighted by atomic mass is 16.2. The molecule has 3 rings (SSSR count). The average Bonchev–Trinajstić information content (AvgIpc) is 2.88. The summed E-state index contributed by atoms with van der Waals surface area (Å²) in [5.74, 6) is 1.41. The Morgan fingerprint density at radius 1 is 1.17 bits per heavy atom. The van der Waals surface area contributed by atoms with Gasteiger partial charge in [-0.2, -0.15) is 5.10 Å². The highest BCUT2D eigenvalue weighted by molar-refractivity contribution is 5.74. The number of hydrogen-bond donors (Lipinski definition) is 2. The summed E-state index contributed by atoms with van der Waals surface area (Å²) in [6.07, 6.45) is 7.81. The van der Waals surface area contributed by atoms with Gasteiger partial charge < -0.3 is 10.2 Å². The van der Waals surface area contributed by atoms with Gasteiger partial charge in [0, 0.05) is 32.2 Å². The largest absolute Gasteiger partial charge is 0.328 e. The number of rotatable bonds is 3. The van der Waals surface area contributed by atoms with Crippen LogP contribution in [-0.2, 0) is 0 Å². The molecule has 0 radical (unpaired) electrons. The second-order valence-corrected chi connectivity index (χ2v) is 7.12. The first-order chi connectivity index (χ1) is 11.6. The van der Waals surface area contributed by atoms with E-state index >= 15 is 0 Å². The first-order valence-corrected chi connectivity index (χ1v) is 9.32. The summed E-state index contributed by atoms with van der Waals surface area (Å²) < 4.78 is 0. The fourth-order valence-electron chi connectivity index (χ4n) is 3.85. The molecule has 1 aliphatic carbocycles. The molecule has 2 fully saturated rings. The van der Waals surface area contributed by atoms with E-state index in [0.717, 1.165) is 44.5 Å². The number of aromatic nitrogens is 3. The van der Waals surface area contributed by atoms with Crippen LogP contribution in [0.25, 0.3) is 0 Å². The van der Waals surface area contributed by atoms with Crippen molar-refractivity contribution in [3.63, 3.8) is 0 Å². The second kappa shape index (κ2) is 7.96. The number of amides is 2. The van der Waals surface area contributed by atoms with Gasteiger partial charge in [-0.25, -0.2) is 9.78 Å². The van der Waals surface area contributed by atoms with Crippen molar-refractivity contribution in [3.8, 4) is 0 Å². The minimum atomic E-state index is -0.180. The third-order valence-corrected chi connectivity index (χ3v) is 5.25. The first kappa shape index (κ1) is 17.2. The fourth-order valence-corrected chi connectivity index (χ4v) is 3.85. The number of aryl methyl sites for hydroxylation is 1. The Hall–Kier alpha value is -1.63. The van der Waals surface area contributed by atoms with Crippen LogP contribution >= 0.6 is 0 Å². The molecule has 1 aromatic rings. The van der Waals surface area contributed by atoms with Crippen molar-refractivity contribution < 1.29 is 4.79 Å². The molecule has 0 unspecified atom stereocenters. The van der Waals surface area contributed by atoms with E-state index in [4.69, 9.17) is 0 Å². The summed E-state index contributed by atoms with van der Waals surface area (Å²) in [6.45, 7) is 7.53. The molecule has 2 heterocycles. The number of urea groups is 1. The van der Waals surface area contributed by atoms with Crippen LogP contribution in [0.4, 0.5) is 4.79 Å². The van der Waals surface area contributed by atoms with Crippen molar-refractivity contribution in [2.75, 3.05) is 26.2 Å². The van der Waals surface area contributed by atoms with Crippen molar-refractivity contribution >= 4 is 6.03 Å². The van der Waals surface area contributed by atoms with Gasteiger partial charge in [-0.05, 0) is 33.1 Å². The van der Waals surface area contributed by atoms with Gasteiger partial charge in [0.05, 0.1) is 6.04 Å². The number of carbonyl (C=O) groups is 1. The van der Waals surface area contributed by atoms with E-state index in [2.05, 4.69) is 25.4 Å². The molecule has 2 amide bonds. The van der Waals surface area contributed by atoms with Crippen molar-refractivity contribution in [1.82, 2.24) is 30.3 Å². The highest BCUT2D eigenvalue weighted by Gasteiger charge is 2.26. The van der Waals surface area contributed by atoms with Gasteiger partial charge in [0.1, 0.15) is 5.82 Å². The van der Waals surface area contributed by atoms with Crippen molar-refractivity contribution in [2.24, 2.45) is 0 Å². The van der Waals surface area contributed by atoms with E-state index in [1.54, 1.807) is 0 Å². The third-order valence-electron chi connectivity index (χ3n) is 5.25. The molecular formula is C17H30N6O. The van der Waals surface area contributed by atoms with Crippen LogP contribution in [0.2, 0.25) is 0 Å². The van der Waals surface area contributed by atoms with Gasteiger partial charge in [-0.15, -0.1) is 0 Å². The number of H-pyrrole nitrogens is 1. The van der Waals surface area contributed by atoms with Crippen LogP contribution < -0.4 is 5.32 Å². The van der Waals surface area contributed by atoms with Crippen LogP contribution in [-0.4, -0.2) is 63.2 Å². The Morgan fingerprint density at radius 2 is 1.96 bits per heavy atom. The number of nitrogens with zero attached hydrogens (tertiary/aromatic N) is 4. The predicted octanol–water partition coefficient (Wildman–Crippen LogP) is 2.22. The molecule has 2 N–H and O–H groups in total. The van der Waals surface area contributed by atoms with Gasteiger partial charge in [-0.3, -0.25) is 10.00 Å². The van der Waals surface area contributed by atoms with Gasteiger partial charge >= 0.3 is 6.03 Å². The molecule has 2 aliphatic rings. The molecular weight excluding hydrogens is 304 g/mol. The van der Waals surface area contributed by atoms with Crippen molar-refractivity contribution in [1.29, 1.82) is 0 Å². The number of nitrogens with one attached hydrogen (secondary N) is 2. The zero-order valence-corrected chi connectivity index (χ0v) is 14.9. The maximum Gasteiger partial charge on any atom is 0.318 e. The van der Waals surface area contributed by atoms with E-state index in [9.17, 15) is 4.79 Å². The molecule has 1 saturated carbocycles. The summed E-state index contributed by atoms with van der Waals surface area (Å²) in [5, 5.41) is 9.97. The topological polar surface area (TPSA) is 77.2 Å². The van der Waals surface area contributed by atoms with E-state index in [-0.39, 0.29) is 12.1 Å². The molecule has 0 aromatic carbocycles. The highest BCUT2D eigenvalue weighted by Crippen LogP contribution is 2.23. The van der Waals surface area contributed by atoms with Crippen LogP contribution in [0, 0.1) is 6.92 Å². The SMILES string of the molecule is Cc1nc([C@@H](C)NC(=O)N2CCCN(C3CCCCC3)CC2)n[nH]1. The summed E-state index contributed by atoms with van der Waals surface area (Å²) in [5.41, 5.74) is 0. The quantitative estimate of drug-likeness (QED) is 0.888. The van der Waals surface area contributed by atoms with Gasteiger partial charge in [0.25, 0.3) is 0 Å². The lowest BCUT2D eigenvalue weighted by atomic mass is 9.94. The minimum absolute atomic E-state index is 0.00422. The summed E-state index contributed by atoms with van der Waals surface area (Å²) in [7, 11) is 0. The normalized spacial score (nSPS) is 22.2. The lowest BCUT2D eigenvalue weighted by Crippen LogP contribution is -2.44. The monoisotopic (exact) mass is 334 g/mol. The van der Waals surface area contributed by atoms with Gasteiger partial charge in [-0.1, -0.05) is 19.3 Å². The van der Waals surface area contributed by atoms with Crippen LogP contribution in [0.3, 0.4) is 0 Å².